The van der Waals surface area contributed by atoms with Gasteiger partial charge in [-0.15, -0.1) is 0 Å². The van der Waals surface area contributed by atoms with E-state index in [0.717, 1.165) is 12.8 Å². The molecule has 0 saturated carbocycles. The van der Waals surface area contributed by atoms with Crippen molar-refractivity contribution in [2.24, 2.45) is 5.92 Å². The maximum absolute atomic E-state index is 13.9. The summed E-state index contributed by atoms with van der Waals surface area (Å²) in [6.45, 7) is 1.32. The minimum atomic E-state index is -0.837. The van der Waals surface area contributed by atoms with Crippen LogP contribution in [0.5, 0.6) is 0 Å². The van der Waals surface area contributed by atoms with E-state index in [2.05, 4.69) is 15.9 Å². The van der Waals surface area contributed by atoms with Crippen molar-refractivity contribution in [2.45, 2.75) is 19.1 Å². The van der Waals surface area contributed by atoms with E-state index in [1.807, 2.05) is 4.90 Å². The summed E-state index contributed by atoms with van der Waals surface area (Å²) in [7, 11) is 3.23. The highest BCUT2D eigenvalue weighted by Crippen LogP contribution is 2.31. The molecule has 0 N–H and O–H groups in total. The summed E-state index contributed by atoms with van der Waals surface area (Å²) in [5.41, 5.74) is 0.315. The molecule has 0 spiro atoms. The lowest BCUT2D eigenvalue weighted by atomic mass is 9.95. The first-order valence-corrected chi connectivity index (χ1v) is 7.31. The summed E-state index contributed by atoms with van der Waals surface area (Å²) >= 11 is 2.98. The van der Waals surface area contributed by atoms with Crippen LogP contribution in [0.1, 0.15) is 12.8 Å². The number of piperidine rings is 1. The summed E-state index contributed by atoms with van der Waals surface area (Å²) in [5.74, 6) is -1.35. The van der Waals surface area contributed by atoms with Crippen LogP contribution in [0.25, 0.3) is 0 Å². The monoisotopic (exact) mass is 349 g/mol. The fourth-order valence-electron chi connectivity index (χ4n) is 2.65. The molecule has 1 fully saturated rings. The maximum Gasteiger partial charge on any atom is 0.183 e. The minimum Gasteiger partial charge on any atom is -0.369 e. The molecule has 1 aromatic carbocycles. The third-order valence-electron chi connectivity index (χ3n) is 3.74. The molecular weight excluding hydrogens is 332 g/mol. The lowest BCUT2D eigenvalue weighted by Gasteiger charge is -2.36. The molecule has 1 aliphatic heterocycles. The van der Waals surface area contributed by atoms with Gasteiger partial charge in [0.2, 0.25) is 0 Å². The first kappa shape index (κ1) is 15.7. The van der Waals surface area contributed by atoms with Crippen molar-refractivity contribution in [2.75, 3.05) is 32.2 Å². The Labute approximate surface area is 126 Å². The summed E-state index contributed by atoms with van der Waals surface area (Å²) in [5, 5.41) is 0. The molecule has 0 atom stereocenters. The van der Waals surface area contributed by atoms with Crippen LogP contribution in [0, 0.1) is 17.6 Å². The van der Waals surface area contributed by atoms with E-state index >= 15 is 0 Å². The van der Waals surface area contributed by atoms with Crippen LogP contribution in [0.15, 0.2) is 16.6 Å². The molecule has 20 heavy (non-hydrogen) atoms. The molecule has 2 rings (SSSR count). The topological polar surface area (TPSA) is 21.7 Å². The second kappa shape index (κ2) is 6.83. The van der Waals surface area contributed by atoms with E-state index in [9.17, 15) is 8.78 Å². The van der Waals surface area contributed by atoms with Crippen LogP contribution < -0.4 is 4.90 Å². The van der Waals surface area contributed by atoms with Crippen molar-refractivity contribution >= 4 is 21.6 Å². The van der Waals surface area contributed by atoms with E-state index in [1.54, 1.807) is 20.3 Å². The van der Waals surface area contributed by atoms with E-state index in [1.165, 1.54) is 6.07 Å². The molecular formula is C14H18BrF2NO2. The maximum atomic E-state index is 13.9. The van der Waals surface area contributed by atoms with Gasteiger partial charge in [-0.3, -0.25) is 0 Å². The van der Waals surface area contributed by atoms with Gasteiger partial charge in [-0.2, -0.15) is 0 Å². The lowest BCUT2D eigenvalue weighted by Crippen LogP contribution is -2.39. The molecule has 3 nitrogen and oxygen atoms in total. The van der Waals surface area contributed by atoms with E-state index < -0.39 is 11.6 Å². The fraction of sp³-hybridized carbons (Fsp3) is 0.571. The molecule has 0 aromatic heterocycles. The van der Waals surface area contributed by atoms with Crippen molar-refractivity contribution in [1.82, 2.24) is 0 Å². The summed E-state index contributed by atoms with van der Waals surface area (Å²) < 4.78 is 38.2. The summed E-state index contributed by atoms with van der Waals surface area (Å²) in [6.07, 6.45) is 1.41. The largest absolute Gasteiger partial charge is 0.369 e. The predicted octanol–water partition coefficient (Wildman–Crippen LogP) is 3.56. The number of hydrogen-bond donors (Lipinski definition) is 0. The Balaban J connectivity index is 2.06. The van der Waals surface area contributed by atoms with Gasteiger partial charge in [0.1, 0.15) is 0 Å². The standard InChI is InChI=1S/C14H18BrF2NO2/c1-19-14(20-2)9-5-7-18(8-6-9)11-4-3-10(15)12(16)13(11)17/h3-4,9,14H,5-8H2,1-2H3. The van der Waals surface area contributed by atoms with Gasteiger partial charge >= 0.3 is 0 Å². The van der Waals surface area contributed by atoms with Crippen LogP contribution in [-0.2, 0) is 9.47 Å². The van der Waals surface area contributed by atoms with Gasteiger partial charge in [0.25, 0.3) is 0 Å². The number of halogens is 3. The Morgan fingerprint density at radius 1 is 1.15 bits per heavy atom. The Hall–Kier alpha value is -0.720. The summed E-state index contributed by atoms with van der Waals surface area (Å²) in [6, 6.07) is 3.14. The highest BCUT2D eigenvalue weighted by molar-refractivity contribution is 9.10. The molecule has 0 unspecified atom stereocenters. The van der Waals surface area contributed by atoms with E-state index in [-0.39, 0.29) is 16.7 Å². The molecule has 1 aromatic rings. The molecule has 0 amide bonds. The van der Waals surface area contributed by atoms with Crippen molar-refractivity contribution in [3.8, 4) is 0 Å². The number of rotatable bonds is 4. The Bertz CT molecular complexity index is 461. The zero-order chi connectivity index (χ0) is 14.7. The minimum absolute atomic E-state index is 0.146. The van der Waals surface area contributed by atoms with Crippen LogP contribution >= 0.6 is 15.9 Å². The molecule has 1 saturated heterocycles. The van der Waals surface area contributed by atoms with E-state index in [0.29, 0.717) is 18.8 Å². The Kier molecular flexibility index (Phi) is 5.35. The smallest absolute Gasteiger partial charge is 0.183 e. The van der Waals surface area contributed by atoms with Gasteiger partial charge < -0.3 is 14.4 Å². The van der Waals surface area contributed by atoms with Gasteiger partial charge in [0, 0.05) is 33.2 Å². The quantitative estimate of drug-likeness (QED) is 0.612. The molecule has 112 valence electrons. The second-order valence-electron chi connectivity index (χ2n) is 4.86. The molecule has 0 bridgehead atoms. The van der Waals surface area contributed by atoms with Gasteiger partial charge in [-0.1, -0.05) is 0 Å². The average Bonchev–Trinajstić information content (AvgIpc) is 2.47. The number of hydrogen-bond acceptors (Lipinski definition) is 3. The number of benzene rings is 1. The number of ether oxygens (including phenoxy) is 2. The molecule has 1 aliphatic rings. The number of methoxy groups -OCH3 is 2. The van der Waals surface area contributed by atoms with Crippen molar-refractivity contribution in [3.05, 3.63) is 28.2 Å². The second-order valence-corrected chi connectivity index (χ2v) is 5.71. The van der Waals surface area contributed by atoms with Gasteiger partial charge in [-0.05, 0) is 40.9 Å². The zero-order valence-corrected chi connectivity index (χ0v) is 13.1. The third-order valence-corrected chi connectivity index (χ3v) is 4.36. The molecule has 1 heterocycles. The van der Waals surface area contributed by atoms with Crippen LogP contribution in [0.2, 0.25) is 0 Å². The number of anilines is 1. The Morgan fingerprint density at radius 3 is 2.30 bits per heavy atom. The fourth-order valence-corrected chi connectivity index (χ4v) is 2.96. The Morgan fingerprint density at radius 2 is 1.75 bits per heavy atom. The van der Waals surface area contributed by atoms with Gasteiger partial charge in [0.15, 0.2) is 17.9 Å². The lowest BCUT2D eigenvalue weighted by molar-refractivity contribution is -0.141. The summed E-state index contributed by atoms with van der Waals surface area (Å²) in [4.78, 5) is 1.86. The first-order valence-electron chi connectivity index (χ1n) is 6.52. The SMILES string of the molecule is COC(OC)C1CCN(c2ccc(Br)c(F)c2F)CC1. The van der Waals surface area contributed by atoms with Crippen LogP contribution in [0.3, 0.4) is 0 Å². The predicted molar refractivity (Wildman–Crippen MR) is 76.8 cm³/mol. The third kappa shape index (κ3) is 3.13. The normalized spacial score (nSPS) is 17.0. The van der Waals surface area contributed by atoms with Crippen molar-refractivity contribution in [1.29, 1.82) is 0 Å². The first-order chi connectivity index (χ1) is 9.58. The zero-order valence-electron chi connectivity index (χ0n) is 11.5. The van der Waals surface area contributed by atoms with Crippen molar-refractivity contribution < 1.29 is 18.3 Å². The van der Waals surface area contributed by atoms with Gasteiger partial charge in [0.05, 0.1) is 10.2 Å². The molecule has 6 heteroatoms. The molecule has 0 radical (unpaired) electrons. The molecule has 0 aliphatic carbocycles. The van der Waals surface area contributed by atoms with Gasteiger partial charge in [-0.25, -0.2) is 8.78 Å². The highest BCUT2D eigenvalue weighted by atomic mass is 79.9. The van der Waals surface area contributed by atoms with Crippen molar-refractivity contribution in [3.63, 3.8) is 0 Å². The van der Waals surface area contributed by atoms with E-state index in [4.69, 9.17) is 9.47 Å². The van der Waals surface area contributed by atoms with Crippen LogP contribution in [0.4, 0.5) is 14.5 Å². The van der Waals surface area contributed by atoms with Crippen LogP contribution in [-0.4, -0.2) is 33.6 Å². The average molecular weight is 350 g/mol. The number of nitrogens with zero attached hydrogens (tertiary/aromatic N) is 1. The highest BCUT2D eigenvalue weighted by Gasteiger charge is 2.28.